The number of furan rings is 1. The predicted molar refractivity (Wildman–Crippen MR) is 71.7 cm³/mol. The lowest BCUT2D eigenvalue weighted by molar-refractivity contribution is 0.0941. The van der Waals surface area contributed by atoms with Crippen LogP contribution in [0, 0.1) is 0 Å². The standard InChI is InChI=1S/C14H10N2O2S/c17-13-9-5-8-19-14(9)16-6-1-3-10(16)12(15-13)11-4-2-7-18-11/h1-8,12H,(H,15,17). The van der Waals surface area contributed by atoms with Crippen molar-refractivity contribution in [1.82, 2.24) is 9.88 Å². The van der Waals surface area contributed by atoms with E-state index >= 15 is 0 Å². The van der Waals surface area contributed by atoms with Crippen molar-refractivity contribution in [3.8, 4) is 5.00 Å². The first-order valence-electron chi connectivity index (χ1n) is 5.94. The lowest BCUT2D eigenvalue weighted by atomic mass is 10.1. The van der Waals surface area contributed by atoms with Crippen LogP contribution in [-0.2, 0) is 0 Å². The van der Waals surface area contributed by atoms with Gasteiger partial charge in [-0.3, -0.25) is 4.79 Å². The first kappa shape index (κ1) is 10.6. The first-order chi connectivity index (χ1) is 9.34. The number of fused-ring (bicyclic) bond motifs is 3. The molecular formula is C14H10N2O2S. The van der Waals surface area contributed by atoms with E-state index in [-0.39, 0.29) is 11.9 Å². The molecule has 1 amide bonds. The van der Waals surface area contributed by atoms with E-state index in [0.717, 1.165) is 16.5 Å². The molecule has 0 aromatic carbocycles. The van der Waals surface area contributed by atoms with Crippen LogP contribution in [0.5, 0.6) is 0 Å². The second-order valence-electron chi connectivity index (χ2n) is 4.36. The van der Waals surface area contributed by atoms with Crippen molar-refractivity contribution in [2.75, 3.05) is 0 Å². The molecule has 1 atom stereocenters. The number of carbonyl (C=O) groups is 1. The van der Waals surface area contributed by atoms with Gasteiger partial charge in [0.05, 0.1) is 17.5 Å². The Bertz CT molecular complexity index is 739. The summed E-state index contributed by atoms with van der Waals surface area (Å²) in [6.07, 6.45) is 3.59. The van der Waals surface area contributed by atoms with Gasteiger partial charge in [-0.15, -0.1) is 11.3 Å². The lowest BCUT2D eigenvalue weighted by Crippen LogP contribution is -2.27. The zero-order chi connectivity index (χ0) is 12.8. The van der Waals surface area contributed by atoms with Gasteiger partial charge >= 0.3 is 0 Å². The number of nitrogens with one attached hydrogen (secondary N) is 1. The molecule has 1 N–H and O–H groups in total. The molecule has 3 aromatic rings. The Hall–Kier alpha value is -2.27. The van der Waals surface area contributed by atoms with Crippen molar-refractivity contribution in [1.29, 1.82) is 0 Å². The number of nitrogens with zero attached hydrogens (tertiary/aromatic N) is 1. The second-order valence-corrected chi connectivity index (χ2v) is 5.26. The molecule has 1 aliphatic heterocycles. The highest BCUT2D eigenvalue weighted by Crippen LogP contribution is 2.33. The van der Waals surface area contributed by atoms with Gasteiger partial charge in [0.25, 0.3) is 5.91 Å². The molecular weight excluding hydrogens is 260 g/mol. The summed E-state index contributed by atoms with van der Waals surface area (Å²) in [5.74, 6) is 0.671. The molecule has 0 saturated carbocycles. The fourth-order valence-electron chi connectivity index (χ4n) is 2.43. The Kier molecular flexibility index (Phi) is 2.16. The Morgan fingerprint density at radius 1 is 1.26 bits per heavy atom. The molecule has 4 rings (SSSR count). The fourth-order valence-corrected chi connectivity index (χ4v) is 3.33. The predicted octanol–water partition coefficient (Wildman–Crippen LogP) is 2.96. The topological polar surface area (TPSA) is 47.2 Å². The molecule has 0 spiro atoms. The number of hydrogen-bond donors (Lipinski definition) is 1. The highest BCUT2D eigenvalue weighted by molar-refractivity contribution is 7.13. The molecule has 1 unspecified atom stereocenters. The average Bonchev–Trinajstić information content (AvgIpc) is 3.14. The minimum Gasteiger partial charge on any atom is -0.467 e. The third-order valence-corrected chi connectivity index (χ3v) is 4.20. The largest absolute Gasteiger partial charge is 0.467 e. The summed E-state index contributed by atoms with van der Waals surface area (Å²) in [4.78, 5) is 12.3. The van der Waals surface area contributed by atoms with Crippen LogP contribution in [-0.4, -0.2) is 10.5 Å². The first-order valence-corrected chi connectivity index (χ1v) is 6.82. The Labute approximate surface area is 113 Å². The number of aromatic nitrogens is 1. The Morgan fingerprint density at radius 3 is 3.05 bits per heavy atom. The maximum absolute atomic E-state index is 12.3. The van der Waals surface area contributed by atoms with Gasteiger partial charge in [0.2, 0.25) is 0 Å². The monoisotopic (exact) mass is 270 g/mol. The zero-order valence-corrected chi connectivity index (χ0v) is 10.7. The van der Waals surface area contributed by atoms with E-state index in [9.17, 15) is 4.79 Å². The molecule has 3 aromatic heterocycles. The molecule has 4 nitrogen and oxygen atoms in total. The summed E-state index contributed by atoms with van der Waals surface area (Å²) in [6, 6.07) is 9.28. The smallest absolute Gasteiger partial charge is 0.255 e. The number of hydrogen-bond acceptors (Lipinski definition) is 3. The van der Waals surface area contributed by atoms with Crippen LogP contribution < -0.4 is 5.32 Å². The van der Waals surface area contributed by atoms with E-state index in [1.54, 1.807) is 17.6 Å². The van der Waals surface area contributed by atoms with E-state index in [4.69, 9.17) is 4.42 Å². The molecule has 0 radical (unpaired) electrons. The molecule has 5 heteroatoms. The molecule has 94 valence electrons. The van der Waals surface area contributed by atoms with Crippen LogP contribution in [0.1, 0.15) is 27.9 Å². The number of thiophene rings is 1. The van der Waals surface area contributed by atoms with E-state index < -0.39 is 0 Å². The van der Waals surface area contributed by atoms with Crippen molar-refractivity contribution in [2.24, 2.45) is 0 Å². The van der Waals surface area contributed by atoms with Crippen LogP contribution in [0.3, 0.4) is 0 Å². The van der Waals surface area contributed by atoms with Crippen molar-refractivity contribution in [2.45, 2.75) is 6.04 Å². The van der Waals surface area contributed by atoms with Gasteiger partial charge < -0.3 is 14.3 Å². The highest BCUT2D eigenvalue weighted by atomic mass is 32.1. The minimum absolute atomic E-state index is 0.0682. The van der Waals surface area contributed by atoms with Gasteiger partial charge in [0, 0.05) is 6.20 Å². The normalized spacial score (nSPS) is 17.5. The summed E-state index contributed by atoms with van der Waals surface area (Å²) in [7, 11) is 0. The molecule has 4 heterocycles. The second kappa shape index (κ2) is 3.86. The maximum atomic E-state index is 12.3. The van der Waals surface area contributed by atoms with Crippen LogP contribution in [0.2, 0.25) is 0 Å². The SMILES string of the molecule is O=C1NC(c2ccco2)c2cccn2-c2sccc21. The molecule has 19 heavy (non-hydrogen) atoms. The molecule has 1 aliphatic rings. The van der Waals surface area contributed by atoms with Crippen LogP contribution >= 0.6 is 11.3 Å². The maximum Gasteiger partial charge on any atom is 0.255 e. The summed E-state index contributed by atoms with van der Waals surface area (Å²) in [5.41, 5.74) is 1.71. The molecule has 0 bridgehead atoms. The molecule has 0 saturated heterocycles. The van der Waals surface area contributed by atoms with Crippen molar-refractivity contribution < 1.29 is 9.21 Å². The van der Waals surface area contributed by atoms with Gasteiger partial charge in [-0.1, -0.05) is 0 Å². The summed E-state index contributed by atoms with van der Waals surface area (Å²) in [5, 5.41) is 5.90. The van der Waals surface area contributed by atoms with E-state index in [0.29, 0.717) is 5.56 Å². The van der Waals surface area contributed by atoms with Crippen LogP contribution in [0.15, 0.2) is 52.6 Å². The average molecular weight is 270 g/mol. The van der Waals surface area contributed by atoms with E-state index in [1.807, 2.05) is 46.5 Å². The Balaban J connectivity index is 1.95. The number of amides is 1. The van der Waals surface area contributed by atoms with Crippen LogP contribution in [0.25, 0.3) is 5.00 Å². The quantitative estimate of drug-likeness (QED) is 0.739. The third-order valence-electron chi connectivity index (χ3n) is 3.29. The lowest BCUT2D eigenvalue weighted by Gasteiger charge is -2.14. The minimum atomic E-state index is -0.253. The number of carbonyl (C=O) groups excluding carboxylic acids is 1. The highest BCUT2D eigenvalue weighted by Gasteiger charge is 2.29. The molecule has 0 fully saturated rings. The summed E-state index contributed by atoms with van der Waals surface area (Å²) >= 11 is 1.56. The van der Waals surface area contributed by atoms with Crippen molar-refractivity contribution in [3.63, 3.8) is 0 Å². The van der Waals surface area contributed by atoms with Gasteiger partial charge in [-0.25, -0.2) is 0 Å². The Morgan fingerprint density at radius 2 is 2.21 bits per heavy atom. The number of rotatable bonds is 1. The van der Waals surface area contributed by atoms with E-state index in [1.165, 1.54) is 0 Å². The zero-order valence-electron chi connectivity index (χ0n) is 9.87. The summed E-state index contributed by atoms with van der Waals surface area (Å²) in [6.45, 7) is 0. The van der Waals surface area contributed by atoms with Crippen LogP contribution in [0.4, 0.5) is 0 Å². The van der Waals surface area contributed by atoms with Gasteiger partial charge in [-0.2, -0.15) is 0 Å². The summed E-state index contributed by atoms with van der Waals surface area (Å²) < 4.78 is 7.50. The van der Waals surface area contributed by atoms with Crippen molar-refractivity contribution in [3.05, 3.63) is 65.2 Å². The van der Waals surface area contributed by atoms with Crippen molar-refractivity contribution >= 4 is 17.2 Å². The molecule has 0 aliphatic carbocycles. The van der Waals surface area contributed by atoms with Gasteiger partial charge in [0.1, 0.15) is 16.8 Å². The third kappa shape index (κ3) is 1.48. The van der Waals surface area contributed by atoms with Gasteiger partial charge in [-0.05, 0) is 35.7 Å². The van der Waals surface area contributed by atoms with E-state index in [2.05, 4.69) is 5.32 Å². The van der Waals surface area contributed by atoms with Gasteiger partial charge in [0.15, 0.2) is 0 Å². The fraction of sp³-hybridized carbons (Fsp3) is 0.0714.